The third-order valence-corrected chi connectivity index (χ3v) is 3.78. The van der Waals surface area contributed by atoms with Crippen molar-refractivity contribution in [2.45, 2.75) is 12.6 Å². The Morgan fingerprint density at radius 3 is 2.91 bits per heavy atom. The molecule has 0 bridgehead atoms. The molecule has 1 heterocycles. The summed E-state index contributed by atoms with van der Waals surface area (Å²) in [6.45, 7) is 5.74. The first-order chi connectivity index (χ1) is 11.3. The summed E-state index contributed by atoms with van der Waals surface area (Å²) in [6.07, 6.45) is -0.383. The van der Waals surface area contributed by atoms with Crippen LogP contribution in [0.2, 0.25) is 0 Å². The second-order valence-electron chi connectivity index (χ2n) is 5.61. The average molecular weight is 321 g/mol. The van der Waals surface area contributed by atoms with Gasteiger partial charge in [-0.05, 0) is 5.56 Å². The smallest absolute Gasteiger partial charge is 0.250 e. The van der Waals surface area contributed by atoms with Crippen molar-refractivity contribution in [3.05, 3.63) is 35.9 Å². The van der Waals surface area contributed by atoms with E-state index in [0.29, 0.717) is 26.3 Å². The summed E-state index contributed by atoms with van der Waals surface area (Å²) in [5.41, 5.74) is 1.26. The number of rotatable bonds is 9. The number of ether oxygens (including phenoxy) is 2. The molecule has 0 spiro atoms. The highest BCUT2D eigenvalue weighted by molar-refractivity contribution is 5.81. The molecule has 2 rings (SSSR count). The van der Waals surface area contributed by atoms with E-state index in [1.807, 2.05) is 18.2 Å². The lowest BCUT2D eigenvalue weighted by Gasteiger charge is -2.32. The molecule has 0 radical (unpaired) electrons. The molecule has 0 aliphatic carbocycles. The van der Waals surface area contributed by atoms with Crippen molar-refractivity contribution in [1.82, 2.24) is 15.5 Å². The lowest BCUT2D eigenvalue weighted by atomic mass is 10.2. The average Bonchev–Trinajstić information content (AvgIpc) is 2.59. The molecule has 6 nitrogen and oxygen atoms in total. The largest absolute Gasteiger partial charge is 0.383 e. The number of methoxy groups -OCH3 is 1. The van der Waals surface area contributed by atoms with E-state index in [-0.39, 0.29) is 12.0 Å². The molecule has 1 atom stereocenters. The highest BCUT2D eigenvalue weighted by Crippen LogP contribution is 2.10. The van der Waals surface area contributed by atoms with Crippen molar-refractivity contribution >= 4 is 5.91 Å². The molecular formula is C17H27N3O3. The van der Waals surface area contributed by atoms with Gasteiger partial charge in [0.25, 0.3) is 5.91 Å². The van der Waals surface area contributed by atoms with Gasteiger partial charge in [0.05, 0.1) is 13.2 Å². The molecule has 128 valence electrons. The maximum absolute atomic E-state index is 12.2. The van der Waals surface area contributed by atoms with E-state index < -0.39 is 0 Å². The zero-order valence-corrected chi connectivity index (χ0v) is 13.8. The highest BCUT2D eigenvalue weighted by Gasteiger charge is 2.26. The lowest BCUT2D eigenvalue weighted by molar-refractivity contribution is -0.138. The first-order valence-corrected chi connectivity index (χ1v) is 8.15. The van der Waals surface area contributed by atoms with Crippen LogP contribution in [0.4, 0.5) is 0 Å². The molecule has 1 fully saturated rings. The minimum Gasteiger partial charge on any atom is -0.383 e. The summed E-state index contributed by atoms with van der Waals surface area (Å²) in [7, 11) is 1.67. The van der Waals surface area contributed by atoms with Crippen LogP contribution in [0.1, 0.15) is 5.56 Å². The van der Waals surface area contributed by atoms with Gasteiger partial charge in [0.1, 0.15) is 6.10 Å². The molecule has 0 aromatic heterocycles. The number of nitrogens with one attached hydrogen (secondary N) is 2. The van der Waals surface area contributed by atoms with Crippen LogP contribution in [0, 0.1) is 0 Å². The molecule has 1 aromatic carbocycles. The van der Waals surface area contributed by atoms with E-state index in [1.165, 1.54) is 5.56 Å². The molecule has 23 heavy (non-hydrogen) atoms. The maximum Gasteiger partial charge on any atom is 0.250 e. The van der Waals surface area contributed by atoms with E-state index in [4.69, 9.17) is 9.47 Å². The molecule has 1 unspecified atom stereocenters. The Kier molecular flexibility index (Phi) is 8.03. The molecular weight excluding hydrogens is 294 g/mol. The van der Waals surface area contributed by atoms with Gasteiger partial charge in [0.2, 0.25) is 0 Å². The van der Waals surface area contributed by atoms with Crippen molar-refractivity contribution in [2.24, 2.45) is 0 Å². The Labute approximate surface area is 138 Å². The summed E-state index contributed by atoms with van der Waals surface area (Å²) >= 11 is 0. The Balaban J connectivity index is 1.67. The van der Waals surface area contributed by atoms with E-state index >= 15 is 0 Å². The molecule has 0 saturated carbocycles. The molecule has 1 aliphatic heterocycles. The van der Waals surface area contributed by atoms with E-state index in [1.54, 1.807) is 7.11 Å². The quantitative estimate of drug-likeness (QED) is 0.638. The Hall–Kier alpha value is -1.47. The minimum atomic E-state index is -0.383. The van der Waals surface area contributed by atoms with Crippen molar-refractivity contribution in [2.75, 3.05) is 53.0 Å². The summed E-state index contributed by atoms with van der Waals surface area (Å²) in [4.78, 5) is 14.4. The van der Waals surface area contributed by atoms with Crippen LogP contribution in [-0.4, -0.2) is 70.0 Å². The summed E-state index contributed by atoms with van der Waals surface area (Å²) in [6, 6.07) is 10.3. The van der Waals surface area contributed by atoms with Gasteiger partial charge in [-0.15, -0.1) is 0 Å². The third-order valence-electron chi connectivity index (χ3n) is 3.78. The predicted octanol–water partition coefficient (Wildman–Crippen LogP) is 0.240. The topological polar surface area (TPSA) is 62.8 Å². The lowest BCUT2D eigenvalue weighted by Crippen LogP contribution is -2.50. The second kappa shape index (κ2) is 10.3. The molecule has 6 heteroatoms. The van der Waals surface area contributed by atoms with Crippen LogP contribution in [0.5, 0.6) is 0 Å². The van der Waals surface area contributed by atoms with Crippen LogP contribution in [0.3, 0.4) is 0 Å². The fraction of sp³-hybridized carbons (Fsp3) is 0.588. The van der Waals surface area contributed by atoms with Gasteiger partial charge < -0.3 is 20.1 Å². The fourth-order valence-electron chi connectivity index (χ4n) is 2.53. The number of hydrogen-bond donors (Lipinski definition) is 2. The van der Waals surface area contributed by atoms with Crippen molar-refractivity contribution in [3.8, 4) is 0 Å². The van der Waals surface area contributed by atoms with Crippen LogP contribution in [-0.2, 0) is 20.8 Å². The Morgan fingerprint density at radius 2 is 2.13 bits per heavy atom. The minimum absolute atomic E-state index is 0.0312. The molecule has 1 aromatic rings. The summed E-state index contributed by atoms with van der Waals surface area (Å²) in [5.74, 6) is -0.0312. The number of benzene rings is 1. The van der Waals surface area contributed by atoms with Gasteiger partial charge in [0, 0.05) is 46.4 Å². The number of amides is 1. The summed E-state index contributed by atoms with van der Waals surface area (Å²) < 4.78 is 10.6. The second-order valence-corrected chi connectivity index (χ2v) is 5.61. The van der Waals surface area contributed by atoms with Crippen LogP contribution >= 0.6 is 0 Å². The van der Waals surface area contributed by atoms with Gasteiger partial charge in [-0.25, -0.2) is 0 Å². The predicted molar refractivity (Wildman–Crippen MR) is 89.2 cm³/mol. The van der Waals surface area contributed by atoms with Gasteiger partial charge in [-0.3, -0.25) is 9.69 Å². The zero-order valence-electron chi connectivity index (χ0n) is 13.8. The highest BCUT2D eigenvalue weighted by atomic mass is 16.5. The first-order valence-electron chi connectivity index (χ1n) is 8.15. The Bertz CT molecular complexity index is 456. The maximum atomic E-state index is 12.2. The molecule has 1 aliphatic rings. The summed E-state index contributed by atoms with van der Waals surface area (Å²) in [5, 5.41) is 6.11. The molecule has 1 saturated heterocycles. The number of morpholine rings is 1. The molecule has 2 N–H and O–H groups in total. The first kappa shape index (κ1) is 17.9. The van der Waals surface area contributed by atoms with E-state index in [9.17, 15) is 4.79 Å². The zero-order chi connectivity index (χ0) is 16.3. The van der Waals surface area contributed by atoms with E-state index in [0.717, 1.165) is 26.2 Å². The van der Waals surface area contributed by atoms with Gasteiger partial charge in [-0.2, -0.15) is 0 Å². The standard InChI is InChI=1S/C17H27N3O3/c1-22-11-9-18-7-8-19-17(21)16-14-20(10-12-23-16)13-15-5-3-2-4-6-15/h2-6,16,18H,7-14H2,1H3,(H,19,21). The number of carbonyl (C=O) groups excluding carboxylic acids is 1. The van der Waals surface area contributed by atoms with Gasteiger partial charge >= 0.3 is 0 Å². The van der Waals surface area contributed by atoms with Crippen LogP contribution < -0.4 is 10.6 Å². The Morgan fingerprint density at radius 1 is 1.30 bits per heavy atom. The van der Waals surface area contributed by atoms with Gasteiger partial charge in [0.15, 0.2) is 0 Å². The van der Waals surface area contributed by atoms with Crippen molar-refractivity contribution in [3.63, 3.8) is 0 Å². The van der Waals surface area contributed by atoms with Crippen molar-refractivity contribution in [1.29, 1.82) is 0 Å². The third kappa shape index (κ3) is 6.66. The fourth-order valence-corrected chi connectivity index (χ4v) is 2.53. The van der Waals surface area contributed by atoms with Gasteiger partial charge in [-0.1, -0.05) is 30.3 Å². The molecule has 1 amide bonds. The number of hydrogen-bond acceptors (Lipinski definition) is 5. The van der Waals surface area contributed by atoms with Crippen molar-refractivity contribution < 1.29 is 14.3 Å². The van der Waals surface area contributed by atoms with Crippen LogP contribution in [0.15, 0.2) is 30.3 Å². The monoisotopic (exact) mass is 321 g/mol. The normalized spacial score (nSPS) is 18.7. The van der Waals surface area contributed by atoms with E-state index in [2.05, 4.69) is 27.7 Å². The van der Waals surface area contributed by atoms with Crippen LogP contribution in [0.25, 0.3) is 0 Å². The SMILES string of the molecule is COCCNCCNC(=O)C1CN(Cc2ccccc2)CCO1. The number of nitrogens with zero attached hydrogens (tertiary/aromatic N) is 1. The number of carbonyl (C=O) groups is 1.